The molecule has 1 aromatic carbocycles. The van der Waals surface area contributed by atoms with Gasteiger partial charge < -0.3 is 10.8 Å². The number of para-hydroxylation sites is 1. The molecule has 0 bridgehead atoms. The summed E-state index contributed by atoms with van der Waals surface area (Å²) in [6, 6.07) is 8.64. The lowest BCUT2D eigenvalue weighted by molar-refractivity contribution is 0.0697. The van der Waals surface area contributed by atoms with Crippen molar-refractivity contribution < 1.29 is 5.11 Å². The van der Waals surface area contributed by atoms with Gasteiger partial charge in [-0.1, -0.05) is 32.0 Å². The van der Waals surface area contributed by atoms with Crippen molar-refractivity contribution in [1.29, 1.82) is 0 Å². The fourth-order valence-electron chi connectivity index (χ4n) is 2.13. The molecule has 0 saturated heterocycles. The predicted octanol–water partition coefficient (Wildman–Crippen LogP) is 2.25. The highest BCUT2D eigenvalue weighted by atomic mass is 16.3. The summed E-state index contributed by atoms with van der Waals surface area (Å²) in [6.45, 7) is 5.72. The van der Waals surface area contributed by atoms with Gasteiger partial charge in [0.25, 0.3) is 0 Å². The highest BCUT2D eigenvalue weighted by molar-refractivity contribution is 5.46. The fourth-order valence-corrected chi connectivity index (χ4v) is 2.13. The van der Waals surface area contributed by atoms with Gasteiger partial charge in [-0.3, -0.25) is 4.90 Å². The summed E-state index contributed by atoms with van der Waals surface area (Å²) in [5.74, 6) is 0.305. The second-order valence-corrected chi connectivity index (χ2v) is 5.67. The molecule has 3 heteroatoms. The van der Waals surface area contributed by atoms with Crippen molar-refractivity contribution in [2.75, 3.05) is 12.3 Å². The van der Waals surface area contributed by atoms with Crippen LogP contribution >= 0.6 is 0 Å². The van der Waals surface area contributed by atoms with Gasteiger partial charge in [-0.2, -0.15) is 0 Å². The highest BCUT2D eigenvalue weighted by Gasteiger charge is 2.30. The molecular weight excluding hydrogens is 224 g/mol. The quantitative estimate of drug-likeness (QED) is 0.759. The van der Waals surface area contributed by atoms with E-state index in [1.54, 1.807) is 0 Å². The van der Waals surface area contributed by atoms with Gasteiger partial charge in [0.05, 0.1) is 6.10 Å². The van der Waals surface area contributed by atoms with Crippen molar-refractivity contribution in [2.24, 2.45) is 5.92 Å². The zero-order valence-corrected chi connectivity index (χ0v) is 11.3. The number of hydrogen-bond acceptors (Lipinski definition) is 3. The second-order valence-electron chi connectivity index (χ2n) is 5.67. The minimum absolute atomic E-state index is 0.254. The first-order chi connectivity index (χ1) is 8.58. The molecule has 1 saturated carbocycles. The molecule has 3 nitrogen and oxygen atoms in total. The number of benzene rings is 1. The van der Waals surface area contributed by atoms with Crippen molar-refractivity contribution >= 4 is 5.69 Å². The lowest BCUT2D eigenvalue weighted by Crippen LogP contribution is -2.36. The third-order valence-corrected chi connectivity index (χ3v) is 3.68. The molecule has 1 unspecified atom stereocenters. The third kappa shape index (κ3) is 3.47. The Kier molecular flexibility index (Phi) is 4.25. The van der Waals surface area contributed by atoms with Crippen LogP contribution in [-0.4, -0.2) is 28.7 Å². The van der Waals surface area contributed by atoms with Crippen molar-refractivity contribution in [3.63, 3.8) is 0 Å². The highest BCUT2D eigenvalue weighted by Crippen LogP contribution is 2.29. The summed E-state index contributed by atoms with van der Waals surface area (Å²) in [4.78, 5) is 2.37. The summed E-state index contributed by atoms with van der Waals surface area (Å²) >= 11 is 0. The van der Waals surface area contributed by atoms with Crippen LogP contribution in [0.5, 0.6) is 0 Å². The first kappa shape index (κ1) is 13.4. The number of hydrogen-bond donors (Lipinski definition) is 2. The van der Waals surface area contributed by atoms with Gasteiger partial charge in [-0.15, -0.1) is 0 Å². The molecule has 0 heterocycles. The van der Waals surface area contributed by atoms with Gasteiger partial charge in [-0.05, 0) is 30.4 Å². The summed E-state index contributed by atoms with van der Waals surface area (Å²) in [6.07, 6.45) is 2.24. The van der Waals surface area contributed by atoms with Crippen LogP contribution in [0.4, 0.5) is 5.69 Å². The predicted molar refractivity (Wildman–Crippen MR) is 75.1 cm³/mol. The molecule has 1 aliphatic carbocycles. The molecule has 18 heavy (non-hydrogen) atoms. The van der Waals surface area contributed by atoms with E-state index in [9.17, 15) is 5.11 Å². The van der Waals surface area contributed by atoms with Crippen molar-refractivity contribution in [3.8, 4) is 0 Å². The van der Waals surface area contributed by atoms with Gasteiger partial charge >= 0.3 is 0 Å². The maximum atomic E-state index is 10.0. The van der Waals surface area contributed by atoms with Crippen LogP contribution in [0.2, 0.25) is 0 Å². The molecule has 0 amide bonds. The Labute approximate surface area is 110 Å². The van der Waals surface area contributed by atoms with Crippen LogP contribution in [-0.2, 0) is 6.54 Å². The SMILES string of the molecule is CC(C)C(O)CN(Cc1ccccc1N)C1CC1. The monoisotopic (exact) mass is 248 g/mol. The second kappa shape index (κ2) is 5.72. The summed E-state index contributed by atoms with van der Waals surface area (Å²) in [7, 11) is 0. The molecule has 1 fully saturated rings. The fraction of sp³-hybridized carbons (Fsp3) is 0.600. The molecule has 1 aromatic rings. The Balaban J connectivity index is 2.01. The summed E-state index contributed by atoms with van der Waals surface area (Å²) in [5, 5.41) is 10.0. The third-order valence-electron chi connectivity index (χ3n) is 3.68. The Hall–Kier alpha value is -1.06. The van der Waals surface area contributed by atoms with Gasteiger partial charge in [0.2, 0.25) is 0 Å². The van der Waals surface area contributed by atoms with Crippen LogP contribution in [0.15, 0.2) is 24.3 Å². The van der Waals surface area contributed by atoms with E-state index >= 15 is 0 Å². The maximum Gasteiger partial charge on any atom is 0.0690 e. The normalized spacial score (nSPS) is 17.4. The number of rotatable bonds is 6. The molecule has 2 rings (SSSR count). The van der Waals surface area contributed by atoms with E-state index < -0.39 is 0 Å². The van der Waals surface area contributed by atoms with E-state index in [0.29, 0.717) is 12.0 Å². The molecule has 0 aromatic heterocycles. The van der Waals surface area contributed by atoms with E-state index in [-0.39, 0.29) is 6.10 Å². The topological polar surface area (TPSA) is 49.5 Å². The van der Waals surface area contributed by atoms with Crippen molar-refractivity contribution in [2.45, 2.75) is 45.4 Å². The van der Waals surface area contributed by atoms with E-state index in [4.69, 9.17) is 5.73 Å². The number of aliphatic hydroxyl groups is 1. The molecule has 0 radical (unpaired) electrons. The van der Waals surface area contributed by atoms with Gasteiger partial charge in [0.1, 0.15) is 0 Å². The molecule has 1 atom stereocenters. The van der Waals surface area contributed by atoms with E-state index in [2.05, 4.69) is 24.8 Å². The zero-order chi connectivity index (χ0) is 13.1. The maximum absolute atomic E-state index is 10.0. The summed E-state index contributed by atoms with van der Waals surface area (Å²) in [5.41, 5.74) is 8.01. The first-order valence-electron chi connectivity index (χ1n) is 6.83. The van der Waals surface area contributed by atoms with Crippen LogP contribution in [0.1, 0.15) is 32.3 Å². The summed E-state index contributed by atoms with van der Waals surface area (Å²) < 4.78 is 0. The van der Waals surface area contributed by atoms with Crippen LogP contribution < -0.4 is 5.73 Å². The molecule has 0 spiro atoms. The average molecular weight is 248 g/mol. The molecule has 0 aliphatic heterocycles. The standard InChI is InChI=1S/C15H24N2O/c1-11(2)15(18)10-17(13-7-8-13)9-12-5-3-4-6-14(12)16/h3-6,11,13,15,18H,7-10,16H2,1-2H3. The van der Waals surface area contributed by atoms with Crippen molar-refractivity contribution in [1.82, 2.24) is 4.90 Å². The largest absolute Gasteiger partial charge is 0.398 e. The Morgan fingerprint density at radius 3 is 2.56 bits per heavy atom. The van der Waals surface area contributed by atoms with Gasteiger partial charge in [0.15, 0.2) is 0 Å². The van der Waals surface area contributed by atoms with Gasteiger partial charge in [-0.25, -0.2) is 0 Å². The Bertz CT molecular complexity index is 388. The molecule has 3 N–H and O–H groups in total. The molecule has 1 aliphatic rings. The number of nitrogens with two attached hydrogens (primary N) is 1. The minimum Gasteiger partial charge on any atom is -0.398 e. The van der Waals surface area contributed by atoms with E-state index in [0.717, 1.165) is 18.8 Å². The van der Waals surface area contributed by atoms with E-state index in [1.165, 1.54) is 18.4 Å². The van der Waals surface area contributed by atoms with E-state index in [1.807, 2.05) is 18.2 Å². The number of aliphatic hydroxyl groups excluding tert-OH is 1. The zero-order valence-electron chi connectivity index (χ0n) is 11.3. The smallest absolute Gasteiger partial charge is 0.0690 e. The van der Waals surface area contributed by atoms with Crippen LogP contribution in [0, 0.1) is 5.92 Å². The number of nitrogens with zero attached hydrogens (tertiary/aromatic N) is 1. The lowest BCUT2D eigenvalue weighted by Gasteiger charge is -2.27. The number of nitrogen functional groups attached to an aromatic ring is 1. The van der Waals surface area contributed by atoms with Crippen molar-refractivity contribution in [3.05, 3.63) is 29.8 Å². The lowest BCUT2D eigenvalue weighted by atomic mass is 10.1. The Morgan fingerprint density at radius 2 is 2.00 bits per heavy atom. The van der Waals surface area contributed by atoms with Gasteiger partial charge in [0, 0.05) is 24.8 Å². The minimum atomic E-state index is -0.254. The van der Waals surface area contributed by atoms with Crippen LogP contribution in [0.25, 0.3) is 0 Å². The first-order valence-corrected chi connectivity index (χ1v) is 6.83. The molecular formula is C15H24N2O. The number of anilines is 1. The van der Waals surface area contributed by atoms with Crippen LogP contribution in [0.3, 0.4) is 0 Å². The molecule has 100 valence electrons. The Morgan fingerprint density at radius 1 is 1.33 bits per heavy atom. The average Bonchev–Trinajstić information content (AvgIpc) is 3.14.